The maximum absolute atomic E-state index is 11.7. The lowest BCUT2D eigenvalue weighted by Gasteiger charge is -2.13. The molecule has 0 aromatic heterocycles. The van der Waals surface area contributed by atoms with Gasteiger partial charge in [-0.3, -0.25) is 4.21 Å². The minimum Gasteiger partial charge on any atom is -0.314 e. The number of rotatable bonds is 9. The molecule has 0 aromatic carbocycles. The summed E-state index contributed by atoms with van der Waals surface area (Å²) in [6.45, 7) is 9.66. The van der Waals surface area contributed by atoms with Gasteiger partial charge in [-0.15, -0.1) is 0 Å². The first-order valence-electron chi connectivity index (χ1n) is 6.22. The first-order valence-corrected chi connectivity index (χ1v) is 7.60. The Morgan fingerprint density at radius 1 is 1.27 bits per heavy atom. The third-order valence-electron chi connectivity index (χ3n) is 2.75. The fourth-order valence-electron chi connectivity index (χ4n) is 1.41. The summed E-state index contributed by atoms with van der Waals surface area (Å²) < 4.78 is 11.7. The van der Waals surface area contributed by atoms with Crippen molar-refractivity contribution >= 4 is 10.8 Å². The standard InChI is InChI=1S/C12H27NOS/c1-5-9-13-11(3)8-7-10-15(14)12(4)6-2/h11-13H,5-10H2,1-4H3. The van der Waals surface area contributed by atoms with Crippen LogP contribution in [0.1, 0.15) is 53.4 Å². The van der Waals surface area contributed by atoms with Crippen molar-refractivity contribution < 1.29 is 4.21 Å². The summed E-state index contributed by atoms with van der Waals surface area (Å²) in [6.07, 6.45) is 4.43. The molecule has 0 fully saturated rings. The Morgan fingerprint density at radius 3 is 2.47 bits per heavy atom. The second kappa shape index (κ2) is 9.34. The second-order valence-corrected chi connectivity index (χ2v) is 6.28. The molecule has 3 atom stereocenters. The minimum absolute atomic E-state index is 0.365. The van der Waals surface area contributed by atoms with Gasteiger partial charge >= 0.3 is 0 Å². The number of hydrogen-bond acceptors (Lipinski definition) is 2. The van der Waals surface area contributed by atoms with Crippen LogP contribution in [0.2, 0.25) is 0 Å². The average Bonchev–Trinajstić information content (AvgIpc) is 2.24. The van der Waals surface area contributed by atoms with Gasteiger partial charge in [-0.2, -0.15) is 0 Å². The van der Waals surface area contributed by atoms with Gasteiger partial charge in [0.1, 0.15) is 0 Å². The van der Waals surface area contributed by atoms with Crippen LogP contribution in [0.3, 0.4) is 0 Å². The van der Waals surface area contributed by atoms with Gasteiger partial charge in [0.2, 0.25) is 0 Å². The molecular formula is C12H27NOS. The third kappa shape index (κ3) is 7.97. The quantitative estimate of drug-likeness (QED) is 0.663. The van der Waals surface area contributed by atoms with E-state index < -0.39 is 10.8 Å². The van der Waals surface area contributed by atoms with E-state index in [1.807, 2.05) is 0 Å². The highest BCUT2D eigenvalue weighted by Gasteiger charge is 2.08. The summed E-state index contributed by atoms with van der Waals surface area (Å²) >= 11 is 0. The molecule has 0 bridgehead atoms. The summed E-state index contributed by atoms with van der Waals surface area (Å²) in [6, 6.07) is 0.568. The maximum atomic E-state index is 11.7. The first-order chi connectivity index (χ1) is 7.11. The zero-order chi connectivity index (χ0) is 11.7. The molecule has 0 spiro atoms. The molecule has 0 heterocycles. The Bertz CT molecular complexity index is 173. The Balaban J connectivity index is 3.48. The molecule has 3 unspecified atom stereocenters. The number of hydrogen-bond donors (Lipinski definition) is 1. The van der Waals surface area contributed by atoms with Gasteiger partial charge in [-0.1, -0.05) is 20.8 Å². The van der Waals surface area contributed by atoms with E-state index in [-0.39, 0.29) is 0 Å². The van der Waals surface area contributed by atoms with E-state index in [0.717, 1.165) is 31.6 Å². The van der Waals surface area contributed by atoms with Crippen molar-refractivity contribution in [2.24, 2.45) is 0 Å². The maximum Gasteiger partial charge on any atom is 0.0317 e. The van der Waals surface area contributed by atoms with E-state index >= 15 is 0 Å². The third-order valence-corrected chi connectivity index (χ3v) is 4.67. The van der Waals surface area contributed by atoms with E-state index in [0.29, 0.717) is 11.3 Å². The molecule has 92 valence electrons. The average molecular weight is 233 g/mol. The summed E-state index contributed by atoms with van der Waals surface area (Å²) in [5.41, 5.74) is 0. The molecule has 2 nitrogen and oxygen atoms in total. The van der Waals surface area contributed by atoms with Crippen LogP contribution in [0.25, 0.3) is 0 Å². The predicted molar refractivity (Wildman–Crippen MR) is 69.8 cm³/mol. The van der Waals surface area contributed by atoms with Gasteiger partial charge in [0.05, 0.1) is 0 Å². The fourth-order valence-corrected chi connectivity index (χ4v) is 2.64. The molecule has 15 heavy (non-hydrogen) atoms. The van der Waals surface area contributed by atoms with Crippen LogP contribution in [0.15, 0.2) is 0 Å². The topological polar surface area (TPSA) is 29.1 Å². The molecule has 3 heteroatoms. The van der Waals surface area contributed by atoms with Crippen LogP contribution in [0, 0.1) is 0 Å². The van der Waals surface area contributed by atoms with Crippen molar-refractivity contribution in [2.75, 3.05) is 12.3 Å². The van der Waals surface area contributed by atoms with E-state index in [2.05, 4.69) is 33.0 Å². The molecule has 0 aliphatic heterocycles. The first kappa shape index (κ1) is 15.1. The molecule has 0 aromatic rings. The number of nitrogens with one attached hydrogen (secondary N) is 1. The fraction of sp³-hybridized carbons (Fsp3) is 1.00. The normalized spacial score (nSPS) is 17.3. The molecule has 0 rings (SSSR count). The van der Waals surface area contributed by atoms with Gasteiger partial charge in [0.15, 0.2) is 0 Å². The molecule has 0 saturated heterocycles. The van der Waals surface area contributed by atoms with Crippen LogP contribution in [-0.2, 0) is 10.8 Å². The lowest BCUT2D eigenvalue weighted by molar-refractivity contribution is 0.508. The highest BCUT2D eigenvalue weighted by atomic mass is 32.2. The second-order valence-electron chi connectivity index (χ2n) is 4.30. The highest BCUT2D eigenvalue weighted by Crippen LogP contribution is 2.05. The van der Waals surface area contributed by atoms with Crippen LogP contribution < -0.4 is 5.32 Å². The lowest BCUT2D eigenvalue weighted by atomic mass is 10.2. The van der Waals surface area contributed by atoms with E-state index in [9.17, 15) is 4.21 Å². The largest absolute Gasteiger partial charge is 0.314 e. The van der Waals surface area contributed by atoms with Crippen LogP contribution in [-0.4, -0.2) is 27.8 Å². The smallest absolute Gasteiger partial charge is 0.0317 e. The minimum atomic E-state index is -0.615. The molecule has 0 amide bonds. The van der Waals surface area contributed by atoms with Crippen molar-refractivity contribution in [2.45, 2.75) is 64.7 Å². The Hall–Kier alpha value is 0.110. The van der Waals surface area contributed by atoms with Gasteiger partial charge in [-0.25, -0.2) is 0 Å². The predicted octanol–water partition coefficient (Wildman–Crippen LogP) is 2.70. The van der Waals surface area contributed by atoms with Crippen LogP contribution in [0.4, 0.5) is 0 Å². The Kier molecular flexibility index (Phi) is 9.41. The summed E-state index contributed by atoms with van der Waals surface area (Å²) in [5, 5.41) is 3.82. The lowest BCUT2D eigenvalue weighted by Crippen LogP contribution is -2.27. The molecule has 0 aliphatic carbocycles. The zero-order valence-electron chi connectivity index (χ0n) is 10.7. The highest BCUT2D eigenvalue weighted by molar-refractivity contribution is 7.85. The van der Waals surface area contributed by atoms with Crippen molar-refractivity contribution in [1.82, 2.24) is 5.32 Å². The summed E-state index contributed by atoms with van der Waals surface area (Å²) in [7, 11) is -0.615. The SMILES string of the molecule is CCCNC(C)CCCS(=O)C(C)CC. The van der Waals surface area contributed by atoms with E-state index in [1.54, 1.807) is 0 Å². The van der Waals surface area contributed by atoms with Crippen molar-refractivity contribution in [3.05, 3.63) is 0 Å². The van der Waals surface area contributed by atoms with E-state index in [1.165, 1.54) is 6.42 Å². The monoisotopic (exact) mass is 233 g/mol. The summed E-state index contributed by atoms with van der Waals surface area (Å²) in [4.78, 5) is 0. The molecule has 0 saturated carbocycles. The van der Waals surface area contributed by atoms with E-state index in [4.69, 9.17) is 0 Å². The van der Waals surface area contributed by atoms with Gasteiger partial charge in [-0.05, 0) is 39.2 Å². The molecular weight excluding hydrogens is 206 g/mol. The van der Waals surface area contributed by atoms with Crippen molar-refractivity contribution in [1.29, 1.82) is 0 Å². The van der Waals surface area contributed by atoms with Gasteiger partial charge in [0, 0.05) is 27.8 Å². The zero-order valence-corrected chi connectivity index (χ0v) is 11.5. The summed E-state index contributed by atoms with van der Waals surface area (Å²) in [5.74, 6) is 0.868. The molecule has 0 radical (unpaired) electrons. The van der Waals surface area contributed by atoms with Crippen molar-refractivity contribution in [3.8, 4) is 0 Å². The van der Waals surface area contributed by atoms with Crippen LogP contribution in [0.5, 0.6) is 0 Å². The molecule has 1 N–H and O–H groups in total. The Labute approximate surface area is 97.7 Å². The van der Waals surface area contributed by atoms with Crippen molar-refractivity contribution in [3.63, 3.8) is 0 Å². The Morgan fingerprint density at radius 2 is 1.93 bits per heavy atom. The van der Waals surface area contributed by atoms with Gasteiger partial charge < -0.3 is 5.32 Å². The van der Waals surface area contributed by atoms with Crippen LogP contribution >= 0.6 is 0 Å². The van der Waals surface area contributed by atoms with Gasteiger partial charge in [0.25, 0.3) is 0 Å². The molecule has 0 aliphatic rings.